The topological polar surface area (TPSA) is 70.6 Å². The number of carbonyl (C=O) groups excluding carboxylic acids is 1. The largest absolute Gasteiger partial charge is 0.381 e. The van der Waals surface area contributed by atoms with Gasteiger partial charge in [-0.25, -0.2) is 0 Å². The second-order valence-electron chi connectivity index (χ2n) is 10.4. The van der Waals surface area contributed by atoms with Crippen LogP contribution in [0, 0.1) is 17.8 Å². The third-order valence-corrected chi connectivity index (χ3v) is 8.09. The summed E-state index contributed by atoms with van der Waals surface area (Å²) in [5.41, 5.74) is 3.71. The molecular formula is C26H33N5O2. The number of nitrogens with one attached hydrogen (secondary N) is 1. The lowest BCUT2D eigenvalue weighted by Gasteiger charge is -2.27. The minimum atomic E-state index is 0.0928. The molecule has 1 aliphatic carbocycles. The average Bonchev–Trinajstić information content (AvgIpc) is 3.46. The van der Waals surface area contributed by atoms with Crippen molar-refractivity contribution < 1.29 is 9.53 Å². The number of anilines is 1. The van der Waals surface area contributed by atoms with E-state index in [1.54, 1.807) is 4.90 Å². The number of carbonyl (C=O) groups is 1. The first kappa shape index (κ1) is 21.1. The smallest absolute Gasteiger partial charge is 0.254 e. The third kappa shape index (κ3) is 4.24. The maximum atomic E-state index is 12.1. The number of nitrogens with zero attached hydrogens (tertiary/aromatic N) is 4. The van der Waals surface area contributed by atoms with E-state index in [-0.39, 0.29) is 5.91 Å². The van der Waals surface area contributed by atoms with Gasteiger partial charge in [-0.05, 0) is 73.3 Å². The van der Waals surface area contributed by atoms with Crippen LogP contribution in [-0.4, -0.2) is 71.8 Å². The van der Waals surface area contributed by atoms with Gasteiger partial charge in [0, 0.05) is 63.6 Å². The van der Waals surface area contributed by atoms with Crippen molar-refractivity contribution in [2.45, 2.75) is 38.3 Å². The molecule has 1 amide bonds. The highest BCUT2D eigenvalue weighted by Crippen LogP contribution is 2.39. The van der Waals surface area contributed by atoms with Gasteiger partial charge in [-0.3, -0.25) is 4.79 Å². The number of likely N-dealkylation sites (tertiary alicyclic amines) is 1. The summed E-state index contributed by atoms with van der Waals surface area (Å²) in [5.74, 6) is 3.39. The van der Waals surface area contributed by atoms with Gasteiger partial charge in [0.25, 0.3) is 5.91 Å². The molecule has 1 N–H and O–H groups in total. The number of hydrogen-bond donors (Lipinski definition) is 1. The SMILES string of the molecule is CN1Cc2cc(-c3ccc(NC4C[C@@H]5CN(CC6CCOCC6)C[C@@H]5C4)nn3)ccc2C1=O. The predicted molar refractivity (Wildman–Crippen MR) is 127 cm³/mol. The second kappa shape index (κ2) is 8.69. The lowest BCUT2D eigenvalue weighted by atomic mass is 10.00. The summed E-state index contributed by atoms with van der Waals surface area (Å²) >= 11 is 0. The van der Waals surface area contributed by atoms with Crippen molar-refractivity contribution in [2.75, 3.05) is 45.2 Å². The van der Waals surface area contributed by atoms with E-state index in [0.717, 1.165) is 59.2 Å². The maximum Gasteiger partial charge on any atom is 0.254 e. The molecule has 3 fully saturated rings. The Morgan fingerprint density at radius 2 is 1.85 bits per heavy atom. The Bertz CT molecular complexity index is 1010. The molecule has 1 aromatic heterocycles. The summed E-state index contributed by atoms with van der Waals surface area (Å²) < 4.78 is 5.52. The Balaban J connectivity index is 1.03. The fraction of sp³-hybridized carbons (Fsp3) is 0.577. The highest BCUT2D eigenvalue weighted by atomic mass is 16.5. The Kier molecular flexibility index (Phi) is 5.54. The van der Waals surface area contributed by atoms with Crippen LogP contribution in [0.25, 0.3) is 11.3 Å². The number of ether oxygens (including phenoxy) is 1. The minimum Gasteiger partial charge on any atom is -0.381 e. The molecule has 4 heterocycles. The summed E-state index contributed by atoms with van der Waals surface area (Å²) in [6.45, 7) is 6.31. The van der Waals surface area contributed by atoms with Crippen LogP contribution in [0.4, 0.5) is 5.82 Å². The number of hydrogen-bond acceptors (Lipinski definition) is 6. The quantitative estimate of drug-likeness (QED) is 0.759. The van der Waals surface area contributed by atoms with Crippen molar-refractivity contribution in [1.82, 2.24) is 20.0 Å². The second-order valence-corrected chi connectivity index (χ2v) is 10.4. The molecule has 6 rings (SSSR count). The van der Waals surface area contributed by atoms with Gasteiger partial charge in [0.2, 0.25) is 0 Å². The van der Waals surface area contributed by atoms with Crippen molar-refractivity contribution in [3.63, 3.8) is 0 Å². The van der Waals surface area contributed by atoms with Gasteiger partial charge >= 0.3 is 0 Å². The van der Waals surface area contributed by atoms with E-state index >= 15 is 0 Å². The first-order chi connectivity index (χ1) is 16.1. The molecule has 2 aromatic rings. The lowest BCUT2D eigenvalue weighted by molar-refractivity contribution is 0.0545. The zero-order valence-corrected chi connectivity index (χ0v) is 19.4. The molecule has 33 heavy (non-hydrogen) atoms. The fourth-order valence-electron chi connectivity index (χ4n) is 6.36. The zero-order valence-electron chi connectivity index (χ0n) is 19.4. The van der Waals surface area contributed by atoms with E-state index in [1.807, 2.05) is 31.3 Å². The third-order valence-electron chi connectivity index (χ3n) is 8.09. The molecule has 174 valence electrons. The van der Waals surface area contributed by atoms with Gasteiger partial charge in [0.05, 0.1) is 5.69 Å². The molecule has 3 atom stereocenters. The summed E-state index contributed by atoms with van der Waals surface area (Å²) in [6, 6.07) is 10.5. The van der Waals surface area contributed by atoms with Crippen LogP contribution in [-0.2, 0) is 11.3 Å². The number of rotatable bonds is 5. The van der Waals surface area contributed by atoms with Crippen LogP contribution in [0.2, 0.25) is 0 Å². The highest BCUT2D eigenvalue weighted by molar-refractivity contribution is 5.98. The van der Waals surface area contributed by atoms with Crippen molar-refractivity contribution >= 4 is 11.7 Å². The van der Waals surface area contributed by atoms with E-state index < -0.39 is 0 Å². The van der Waals surface area contributed by atoms with E-state index in [0.29, 0.717) is 12.6 Å². The van der Waals surface area contributed by atoms with Crippen molar-refractivity contribution in [1.29, 1.82) is 0 Å². The highest BCUT2D eigenvalue weighted by Gasteiger charge is 2.41. The number of benzene rings is 1. The van der Waals surface area contributed by atoms with E-state index in [4.69, 9.17) is 4.74 Å². The Morgan fingerprint density at radius 1 is 1.06 bits per heavy atom. The normalized spacial score (nSPS) is 27.7. The van der Waals surface area contributed by atoms with Gasteiger partial charge < -0.3 is 19.9 Å². The molecule has 1 unspecified atom stereocenters. The van der Waals surface area contributed by atoms with E-state index in [1.165, 1.54) is 45.3 Å². The van der Waals surface area contributed by atoms with Crippen LogP contribution in [0.3, 0.4) is 0 Å². The molecule has 1 saturated carbocycles. The van der Waals surface area contributed by atoms with E-state index in [2.05, 4.69) is 26.5 Å². The number of fused-ring (bicyclic) bond motifs is 2. The first-order valence-electron chi connectivity index (χ1n) is 12.4. The number of amides is 1. The molecule has 7 heteroatoms. The molecule has 1 aromatic carbocycles. The monoisotopic (exact) mass is 447 g/mol. The molecule has 0 bridgehead atoms. The minimum absolute atomic E-state index is 0.0928. The molecule has 0 spiro atoms. The van der Waals surface area contributed by atoms with Crippen molar-refractivity contribution in [3.8, 4) is 11.3 Å². The lowest BCUT2D eigenvalue weighted by Crippen LogP contribution is -2.32. The van der Waals surface area contributed by atoms with Gasteiger partial charge in [-0.1, -0.05) is 6.07 Å². The molecule has 2 saturated heterocycles. The van der Waals surface area contributed by atoms with Gasteiger partial charge in [0.1, 0.15) is 5.82 Å². The summed E-state index contributed by atoms with van der Waals surface area (Å²) in [4.78, 5) is 16.6. The Morgan fingerprint density at radius 3 is 2.58 bits per heavy atom. The van der Waals surface area contributed by atoms with Crippen LogP contribution < -0.4 is 5.32 Å². The van der Waals surface area contributed by atoms with Gasteiger partial charge in [-0.15, -0.1) is 10.2 Å². The van der Waals surface area contributed by atoms with Crippen LogP contribution in [0.15, 0.2) is 30.3 Å². The van der Waals surface area contributed by atoms with Crippen molar-refractivity contribution in [3.05, 3.63) is 41.5 Å². The van der Waals surface area contributed by atoms with Crippen LogP contribution in [0.5, 0.6) is 0 Å². The Labute approximate surface area is 195 Å². The zero-order chi connectivity index (χ0) is 22.4. The van der Waals surface area contributed by atoms with Gasteiger partial charge in [-0.2, -0.15) is 0 Å². The fourth-order valence-corrected chi connectivity index (χ4v) is 6.36. The first-order valence-corrected chi connectivity index (χ1v) is 12.4. The molecule has 7 nitrogen and oxygen atoms in total. The summed E-state index contributed by atoms with van der Waals surface area (Å²) in [6.07, 6.45) is 4.91. The average molecular weight is 448 g/mol. The maximum absolute atomic E-state index is 12.1. The molecule has 3 aliphatic heterocycles. The van der Waals surface area contributed by atoms with Crippen LogP contribution in [0.1, 0.15) is 41.6 Å². The summed E-state index contributed by atoms with van der Waals surface area (Å²) in [7, 11) is 1.84. The van der Waals surface area contributed by atoms with Gasteiger partial charge in [0.15, 0.2) is 0 Å². The van der Waals surface area contributed by atoms with Crippen LogP contribution >= 0.6 is 0 Å². The molecule has 0 radical (unpaired) electrons. The molecule has 4 aliphatic rings. The Hall–Kier alpha value is -2.51. The standard InChI is InChI=1S/C26H33N5O2/c1-30-14-21-10-18(2-3-23(21)26(30)32)24-4-5-25(29-28-24)27-22-11-19-15-31(16-20(19)12-22)13-17-6-8-33-9-7-17/h2-5,10,17,19-20,22H,6-9,11-16H2,1H3,(H,27,29)/t19-,20+,22?. The number of aromatic nitrogens is 2. The van der Waals surface area contributed by atoms with Crippen molar-refractivity contribution in [2.24, 2.45) is 17.8 Å². The van der Waals surface area contributed by atoms with E-state index in [9.17, 15) is 4.79 Å². The molecular weight excluding hydrogens is 414 g/mol. The summed E-state index contributed by atoms with van der Waals surface area (Å²) in [5, 5.41) is 12.6. The predicted octanol–water partition coefficient (Wildman–Crippen LogP) is 3.28.